The Labute approximate surface area is 119 Å². The summed E-state index contributed by atoms with van der Waals surface area (Å²) in [6, 6.07) is 0.161. The van der Waals surface area contributed by atoms with Gasteiger partial charge in [-0.05, 0) is 19.1 Å². The standard InChI is InChI=1S/C12H16N2O3S2/c1-18-9-5-3-2-4-7(9)13-10(15)11-14-8(6-19-11)12(16)17/h6-7,9H,2-5H2,1H3,(H,13,15)(H,16,17). The second kappa shape index (κ2) is 6.38. The normalized spacial score (nSPS) is 23.0. The van der Waals surface area contributed by atoms with Gasteiger partial charge in [0.2, 0.25) is 0 Å². The predicted octanol–water partition coefficient (Wildman–Crippen LogP) is 2.25. The summed E-state index contributed by atoms with van der Waals surface area (Å²) in [5, 5.41) is 13.8. The number of nitrogens with zero attached hydrogens (tertiary/aromatic N) is 1. The number of carbonyl (C=O) groups is 2. The first kappa shape index (κ1) is 14.3. The molecule has 104 valence electrons. The largest absolute Gasteiger partial charge is 0.476 e. The number of hydrogen-bond donors (Lipinski definition) is 2. The van der Waals surface area contributed by atoms with Gasteiger partial charge >= 0.3 is 5.97 Å². The maximum Gasteiger partial charge on any atom is 0.355 e. The predicted molar refractivity (Wildman–Crippen MR) is 76.1 cm³/mol. The number of amides is 1. The maximum absolute atomic E-state index is 12.0. The molecule has 1 heterocycles. The molecule has 7 heteroatoms. The molecule has 0 spiro atoms. The molecule has 1 aromatic rings. The van der Waals surface area contributed by atoms with Gasteiger partial charge in [0.15, 0.2) is 10.7 Å². The molecule has 2 unspecified atom stereocenters. The summed E-state index contributed by atoms with van der Waals surface area (Å²) >= 11 is 2.85. The molecule has 0 aliphatic heterocycles. The number of aromatic nitrogens is 1. The third-order valence-corrected chi connectivity index (χ3v) is 5.25. The van der Waals surface area contributed by atoms with E-state index in [0.29, 0.717) is 5.25 Å². The van der Waals surface area contributed by atoms with Gasteiger partial charge in [-0.1, -0.05) is 12.8 Å². The highest BCUT2D eigenvalue weighted by Gasteiger charge is 2.27. The Hall–Kier alpha value is -1.08. The van der Waals surface area contributed by atoms with Crippen molar-refractivity contribution in [3.63, 3.8) is 0 Å². The topological polar surface area (TPSA) is 79.3 Å². The summed E-state index contributed by atoms with van der Waals surface area (Å²) in [6.07, 6.45) is 6.48. The fourth-order valence-corrected chi connectivity index (χ4v) is 3.88. The lowest BCUT2D eigenvalue weighted by Crippen LogP contribution is -2.43. The molecule has 1 fully saturated rings. The van der Waals surface area contributed by atoms with Gasteiger partial charge in [-0.25, -0.2) is 9.78 Å². The average Bonchev–Trinajstić information content (AvgIpc) is 2.89. The fraction of sp³-hybridized carbons (Fsp3) is 0.583. The number of carboxylic acid groups (broad SMARTS) is 1. The second-order valence-corrected chi connectivity index (χ2v) is 6.42. The van der Waals surface area contributed by atoms with Gasteiger partial charge in [0.05, 0.1) is 0 Å². The van der Waals surface area contributed by atoms with E-state index in [1.54, 1.807) is 11.8 Å². The zero-order chi connectivity index (χ0) is 13.8. The Morgan fingerprint density at radius 1 is 1.47 bits per heavy atom. The van der Waals surface area contributed by atoms with Crippen LogP contribution in [0, 0.1) is 0 Å². The monoisotopic (exact) mass is 300 g/mol. The number of thiazole rings is 1. The third-order valence-electron chi connectivity index (χ3n) is 3.24. The van der Waals surface area contributed by atoms with Crippen molar-refractivity contribution in [1.29, 1.82) is 0 Å². The van der Waals surface area contributed by atoms with Crippen molar-refractivity contribution in [2.75, 3.05) is 6.26 Å². The summed E-state index contributed by atoms with van der Waals surface area (Å²) in [5.74, 6) is -1.36. The number of thioether (sulfide) groups is 1. The van der Waals surface area contributed by atoms with Crippen LogP contribution < -0.4 is 5.32 Å². The Kier molecular flexibility index (Phi) is 4.81. The van der Waals surface area contributed by atoms with Gasteiger partial charge in [0, 0.05) is 16.7 Å². The van der Waals surface area contributed by atoms with Crippen molar-refractivity contribution in [3.8, 4) is 0 Å². The van der Waals surface area contributed by atoms with Gasteiger partial charge in [-0.15, -0.1) is 11.3 Å². The van der Waals surface area contributed by atoms with Crippen LogP contribution in [0.4, 0.5) is 0 Å². The molecule has 1 amide bonds. The summed E-state index contributed by atoms with van der Waals surface area (Å²) < 4.78 is 0. The van der Waals surface area contributed by atoms with Crippen LogP contribution in [0.1, 0.15) is 46.0 Å². The van der Waals surface area contributed by atoms with E-state index in [9.17, 15) is 9.59 Å². The number of carbonyl (C=O) groups excluding carboxylic acids is 1. The van der Waals surface area contributed by atoms with Crippen LogP contribution in [0.5, 0.6) is 0 Å². The molecule has 2 rings (SSSR count). The minimum atomic E-state index is -1.10. The molecule has 2 N–H and O–H groups in total. The average molecular weight is 300 g/mol. The highest BCUT2D eigenvalue weighted by Crippen LogP contribution is 2.27. The van der Waals surface area contributed by atoms with Crippen LogP contribution in [0.25, 0.3) is 0 Å². The van der Waals surface area contributed by atoms with Crippen LogP contribution in [-0.2, 0) is 0 Å². The van der Waals surface area contributed by atoms with E-state index in [-0.39, 0.29) is 22.7 Å². The smallest absolute Gasteiger partial charge is 0.355 e. The van der Waals surface area contributed by atoms with Crippen molar-refractivity contribution in [1.82, 2.24) is 10.3 Å². The molecule has 0 bridgehead atoms. The highest BCUT2D eigenvalue weighted by molar-refractivity contribution is 7.99. The molecule has 0 saturated heterocycles. The lowest BCUT2D eigenvalue weighted by atomic mass is 9.95. The Balaban J connectivity index is 2.01. The van der Waals surface area contributed by atoms with Gasteiger partial charge in [-0.3, -0.25) is 4.79 Å². The minimum Gasteiger partial charge on any atom is -0.476 e. The van der Waals surface area contributed by atoms with E-state index >= 15 is 0 Å². The molecule has 0 aromatic carbocycles. The maximum atomic E-state index is 12.0. The number of hydrogen-bond acceptors (Lipinski definition) is 5. The van der Waals surface area contributed by atoms with Crippen LogP contribution in [0.15, 0.2) is 5.38 Å². The zero-order valence-corrected chi connectivity index (χ0v) is 12.2. The number of rotatable bonds is 4. The molecule has 1 aliphatic rings. The zero-order valence-electron chi connectivity index (χ0n) is 10.6. The number of aromatic carboxylic acids is 1. The SMILES string of the molecule is CSC1CCCCC1NC(=O)c1nc(C(=O)O)cs1. The first-order chi connectivity index (χ1) is 9.11. The van der Waals surface area contributed by atoms with Crippen LogP contribution >= 0.6 is 23.1 Å². The highest BCUT2D eigenvalue weighted by atomic mass is 32.2. The van der Waals surface area contributed by atoms with Crippen molar-refractivity contribution in [2.24, 2.45) is 0 Å². The van der Waals surface area contributed by atoms with Crippen molar-refractivity contribution in [2.45, 2.75) is 37.0 Å². The quantitative estimate of drug-likeness (QED) is 0.891. The second-order valence-electron chi connectivity index (χ2n) is 4.48. The van der Waals surface area contributed by atoms with E-state index in [2.05, 4.69) is 16.6 Å². The molecular formula is C12H16N2O3S2. The Bertz CT molecular complexity index is 475. The molecule has 2 atom stereocenters. The molecule has 5 nitrogen and oxygen atoms in total. The summed E-state index contributed by atoms with van der Waals surface area (Å²) in [5.41, 5.74) is -0.0692. The van der Waals surface area contributed by atoms with E-state index in [1.807, 2.05) is 0 Å². The lowest BCUT2D eigenvalue weighted by Gasteiger charge is -2.30. The minimum absolute atomic E-state index is 0.0692. The van der Waals surface area contributed by atoms with Crippen molar-refractivity contribution >= 4 is 35.0 Å². The molecule has 1 aliphatic carbocycles. The van der Waals surface area contributed by atoms with Gasteiger partial charge < -0.3 is 10.4 Å². The van der Waals surface area contributed by atoms with Crippen molar-refractivity contribution in [3.05, 3.63) is 16.1 Å². The Morgan fingerprint density at radius 2 is 2.21 bits per heavy atom. The van der Waals surface area contributed by atoms with E-state index in [1.165, 1.54) is 11.8 Å². The summed E-state index contributed by atoms with van der Waals surface area (Å²) in [7, 11) is 0. The fourth-order valence-electron chi connectivity index (χ4n) is 2.25. The molecule has 0 radical (unpaired) electrons. The first-order valence-electron chi connectivity index (χ1n) is 6.14. The van der Waals surface area contributed by atoms with Crippen LogP contribution in [-0.4, -0.2) is 39.5 Å². The van der Waals surface area contributed by atoms with Crippen LogP contribution in [0.3, 0.4) is 0 Å². The summed E-state index contributed by atoms with van der Waals surface area (Å²) in [6.45, 7) is 0. The van der Waals surface area contributed by atoms with Gasteiger partial charge in [0.1, 0.15) is 0 Å². The number of nitrogens with one attached hydrogen (secondary N) is 1. The first-order valence-corrected chi connectivity index (χ1v) is 8.31. The lowest BCUT2D eigenvalue weighted by molar-refractivity contribution is 0.0691. The molecular weight excluding hydrogens is 284 g/mol. The van der Waals surface area contributed by atoms with Gasteiger partial charge in [-0.2, -0.15) is 11.8 Å². The third kappa shape index (κ3) is 3.48. The summed E-state index contributed by atoms with van der Waals surface area (Å²) in [4.78, 5) is 26.6. The van der Waals surface area contributed by atoms with E-state index in [0.717, 1.165) is 30.6 Å². The molecule has 19 heavy (non-hydrogen) atoms. The van der Waals surface area contributed by atoms with Gasteiger partial charge in [0.25, 0.3) is 5.91 Å². The molecule has 1 saturated carbocycles. The van der Waals surface area contributed by atoms with E-state index in [4.69, 9.17) is 5.11 Å². The molecule has 1 aromatic heterocycles. The van der Waals surface area contributed by atoms with Crippen LogP contribution in [0.2, 0.25) is 0 Å². The number of carboxylic acids is 1. The van der Waals surface area contributed by atoms with Crippen molar-refractivity contribution < 1.29 is 14.7 Å². The van der Waals surface area contributed by atoms with E-state index < -0.39 is 5.97 Å². The Morgan fingerprint density at radius 3 is 2.84 bits per heavy atom.